The number of carbonyl (C=O) groups excluding carboxylic acids is 2. The van der Waals surface area contributed by atoms with Gasteiger partial charge in [0.2, 0.25) is 5.91 Å². The van der Waals surface area contributed by atoms with E-state index in [-0.39, 0.29) is 18.9 Å². The highest BCUT2D eigenvalue weighted by Crippen LogP contribution is 2.18. The van der Waals surface area contributed by atoms with Gasteiger partial charge in [-0.3, -0.25) is 4.79 Å². The molecule has 0 fully saturated rings. The Kier molecular flexibility index (Phi) is 8.16. The van der Waals surface area contributed by atoms with Crippen LogP contribution in [0.1, 0.15) is 37.0 Å². The van der Waals surface area contributed by atoms with E-state index in [1.807, 2.05) is 31.2 Å². The van der Waals surface area contributed by atoms with Gasteiger partial charge < -0.3 is 19.5 Å². The second kappa shape index (κ2) is 10.9. The zero-order chi connectivity index (χ0) is 19.5. The summed E-state index contributed by atoms with van der Waals surface area (Å²) in [7, 11) is 0. The van der Waals surface area contributed by atoms with Gasteiger partial charge in [-0.15, -0.1) is 0 Å². The Balaban J connectivity index is 1.77. The Hall–Kier alpha value is -3.02. The fourth-order valence-electron chi connectivity index (χ4n) is 2.41. The van der Waals surface area contributed by atoms with Crippen molar-refractivity contribution in [3.05, 3.63) is 54.1 Å². The fraction of sp³-hybridized carbons (Fsp3) is 0.333. The van der Waals surface area contributed by atoms with E-state index in [1.54, 1.807) is 31.2 Å². The molecule has 0 aliphatic heterocycles. The first-order chi connectivity index (χ1) is 13.1. The summed E-state index contributed by atoms with van der Waals surface area (Å²) >= 11 is 0. The predicted molar refractivity (Wildman–Crippen MR) is 103 cm³/mol. The number of para-hydroxylation sites is 1. The molecule has 2 aromatic rings. The molecule has 6 heteroatoms. The molecule has 0 saturated heterocycles. The molecule has 2 rings (SSSR count). The first-order valence-electron chi connectivity index (χ1n) is 9.05. The lowest BCUT2D eigenvalue weighted by Gasteiger charge is -2.11. The number of nitrogens with one attached hydrogen (secondary N) is 1. The molecule has 144 valence electrons. The van der Waals surface area contributed by atoms with Crippen molar-refractivity contribution in [3.8, 4) is 11.5 Å². The first kappa shape index (κ1) is 20.3. The Labute approximate surface area is 159 Å². The second-order valence-electron chi connectivity index (χ2n) is 5.67. The van der Waals surface area contributed by atoms with E-state index in [1.165, 1.54) is 0 Å². The van der Waals surface area contributed by atoms with Crippen molar-refractivity contribution in [2.45, 2.75) is 26.7 Å². The Morgan fingerprint density at radius 3 is 2.22 bits per heavy atom. The van der Waals surface area contributed by atoms with E-state index in [2.05, 4.69) is 5.32 Å². The normalized spacial score (nSPS) is 10.1. The van der Waals surface area contributed by atoms with Gasteiger partial charge in [0, 0.05) is 6.42 Å². The van der Waals surface area contributed by atoms with Gasteiger partial charge in [0.1, 0.15) is 11.5 Å². The smallest absolute Gasteiger partial charge is 0.340 e. The van der Waals surface area contributed by atoms with Crippen LogP contribution in [0, 0.1) is 0 Å². The molecule has 0 aliphatic rings. The zero-order valence-corrected chi connectivity index (χ0v) is 15.7. The number of ether oxygens (including phenoxy) is 3. The molecule has 27 heavy (non-hydrogen) atoms. The highest BCUT2D eigenvalue weighted by molar-refractivity contribution is 6.01. The monoisotopic (exact) mass is 371 g/mol. The standard InChI is InChI=1S/C21H25NO5/c1-3-25-16-11-13-17(14-12-16)27-15-7-10-20(23)22-19-9-6-5-8-18(19)21(24)26-4-2/h5-6,8-9,11-14H,3-4,7,10,15H2,1-2H3,(H,22,23). The quantitative estimate of drug-likeness (QED) is 0.504. The van der Waals surface area contributed by atoms with Crippen molar-refractivity contribution in [3.63, 3.8) is 0 Å². The van der Waals surface area contributed by atoms with E-state index < -0.39 is 5.97 Å². The summed E-state index contributed by atoms with van der Waals surface area (Å²) < 4.78 is 16.0. The number of esters is 1. The van der Waals surface area contributed by atoms with Crippen molar-refractivity contribution >= 4 is 17.6 Å². The Morgan fingerprint density at radius 1 is 0.889 bits per heavy atom. The van der Waals surface area contributed by atoms with E-state index in [0.29, 0.717) is 30.9 Å². The van der Waals surface area contributed by atoms with Gasteiger partial charge in [-0.05, 0) is 56.7 Å². The minimum Gasteiger partial charge on any atom is -0.494 e. The summed E-state index contributed by atoms with van der Waals surface area (Å²) in [6, 6.07) is 14.2. The van der Waals surface area contributed by atoms with Gasteiger partial charge in [-0.1, -0.05) is 12.1 Å². The third-order valence-corrected chi connectivity index (χ3v) is 3.65. The molecule has 0 unspecified atom stereocenters. The molecule has 0 saturated carbocycles. The summed E-state index contributed by atoms with van der Waals surface area (Å²) in [5.41, 5.74) is 0.798. The van der Waals surface area contributed by atoms with Crippen molar-refractivity contribution in [2.75, 3.05) is 25.1 Å². The van der Waals surface area contributed by atoms with E-state index in [9.17, 15) is 9.59 Å². The summed E-state index contributed by atoms with van der Waals surface area (Å²) in [4.78, 5) is 24.1. The largest absolute Gasteiger partial charge is 0.494 e. The number of carbonyl (C=O) groups is 2. The lowest BCUT2D eigenvalue weighted by molar-refractivity contribution is -0.116. The van der Waals surface area contributed by atoms with Crippen LogP contribution in [0.2, 0.25) is 0 Å². The molecule has 0 atom stereocenters. The first-order valence-corrected chi connectivity index (χ1v) is 9.05. The van der Waals surface area contributed by atoms with Crippen LogP contribution < -0.4 is 14.8 Å². The molecule has 0 radical (unpaired) electrons. The van der Waals surface area contributed by atoms with Crippen LogP contribution in [0.3, 0.4) is 0 Å². The molecular weight excluding hydrogens is 346 g/mol. The molecule has 0 aromatic heterocycles. The summed E-state index contributed by atoms with van der Waals surface area (Å²) in [6.45, 7) is 4.99. The van der Waals surface area contributed by atoms with Crippen LogP contribution in [0.5, 0.6) is 11.5 Å². The number of hydrogen-bond acceptors (Lipinski definition) is 5. The maximum Gasteiger partial charge on any atom is 0.340 e. The van der Waals surface area contributed by atoms with Crippen LogP contribution in [0.25, 0.3) is 0 Å². The average molecular weight is 371 g/mol. The van der Waals surface area contributed by atoms with Crippen LogP contribution in [-0.2, 0) is 9.53 Å². The average Bonchev–Trinajstić information content (AvgIpc) is 2.67. The highest BCUT2D eigenvalue weighted by Gasteiger charge is 2.13. The minimum absolute atomic E-state index is 0.179. The van der Waals surface area contributed by atoms with Crippen molar-refractivity contribution in [2.24, 2.45) is 0 Å². The maximum atomic E-state index is 12.1. The van der Waals surface area contributed by atoms with E-state index in [0.717, 1.165) is 11.5 Å². The number of benzene rings is 2. The number of hydrogen-bond donors (Lipinski definition) is 1. The van der Waals surface area contributed by atoms with Gasteiger partial charge in [0.15, 0.2) is 0 Å². The number of amides is 1. The molecule has 0 bridgehead atoms. The zero-order valence-electron chi connectivity index (χ0n) is 15.7. The molecule has 1 amide bonds. The van der Waals surface area contributed by atoms with Gasteiger partial charge in [-0.2, -0.15) is 0 Å². The molecular formula is C21H25NO5. The van der Waals surface area contributed by atoms with Crippen molar-refractivity contribution < 1.29 is 23.8 Å². The minimum atomic E-state index is -0.452. The molecule has 0 aliphatic carbocycles. The van der Waals surface area contributed by atoms with Crippen molar-refractivity contribution in [1.82, 2.24) is 0 Å². The number of anilines is 1. The summed E-state index contributed by atoms with van der Waals surface area (Å²) in [6.07, 6.45) is 0.842. The molecule has 0 heterocycles. The lowest BCUT2D eigenvalue weighted by Crippen LogP contribution is -2.16. The molecule has 0 spiro atoms. The maximum absolute atomic E-state index is 12.1. The third kappa shape index (κ3) is 6.66. The highest BCUT2D eigenvalue weighted by atomic mass is 16.5. The Morgan fingerprint density at radius 2 is 1.56 bits per heavy atom. The Bertz CT molecular complexity index is 742. The van der Waals surface area contributed by atoms with Crippen LogP contribution in [-0.4, -0.2) is 31.7 Å². The molecule has 6 nitrogen and oxygen atoms in total. The van der Waals surface area contributed by atoms with Gasteiger partial charge in [-0.25, -0.2) is 4.79 Å². The topological polar surface area (TPSA) is 73.9 Å². The van der Waals surface area contributed by atoms with Crippen LogP contribution in [0.4, 0.5) is 5.69 Å². The third-order valence-electron chi connectivity index (χ3n) is 3.65. The van der Waals surface area contributed by atoms with Crippen LogP contribution in [0.15, 0.2) is 48.5 Å². The SMILES string of the molecule is CCOC(=O)c1ccccc1NC(=O)CCCOc1ccc(OCC)cc1. The lowest BCUT2D eigenvalue weighted by atomic mass is 10.1. The van der Waals surface area contributed by atoms with Gasteiger partial charge >= 0.3 is 5.97 Å². The second-order valence-corrected chi connectivity index (χ2v) is 5.67. The fourth-order valence-corrected chi connectivity index (χ4v) is 2.41. The molecule has 1 N–H and O–H groups in total. The van der Waals surface area contributed by atoms with Gasteiger partial charge in [0.05, 0.1) is 31.1 Å². The summed E-state index contributed by atoms with van der Waals surface area (Å²) in [5, 5.41) is 2.76. The number of rotatable bonds is 10. The van der Waals surface area contributed by atoms with E-state index >= 15 is 0 Å². The molecule has 2 aromatic carbocycles. The van der Waals surface area contributed by atoms with Crippen molar-refractivity contribution in [1.29, 1.82) is 0 Å². The predicted octanol–water partition coefficient (Wildman–Crippen LogP) is 4.06. The van der Waals surface area contributed by atoms with Crippen LogP contribution >= 0.6 is 0 Å². The summed E-state index contributed by atoms with van der Waals surface area (Å²) in [5.74, 6) is 0.894. The van der Waals surface area contributed by atoms with Gasteiger partial charge in [0.25, 0.3) is 0 Å². The van der Waals surface area contributed by atoms with E-state index in [4.69, 9.17) is 14.2 Å².